The Balaban J connectivity index is 2.34. The molecule has 0 saturated heterocycles. The molecule has 2 aromatic rings. The summed E-state index contributed by atoms with van der Waals surface area (Å²) in [5.74, 6) is 0. The molecule has 1 N–H and O–H groups in total. The van der Waals surface area contributed by atoms with Crippen molar-refractivity contribution in [1.82, 2.24) is 9.59 Å². The molecule has 15 heavy (non-hydrogen) atoms. The molecule has 0 spiro atoms. The van der Waals surface area contributed by atoms with E-state index in [2.05, 4.69) is 9.59 Å². The van der Waals surface area contributed by atoms with Crippen molar-refractivity contribution in [3.05, 3.63) is 44.9 Å². The van der Waals surface area contributed by atoms with Crippen LogP contribution in [-0.4, -0.2) is 14.7 Å². The summed E-state index contributed by atoms with van der Waals surface area (Å²) in [7, 11) is 0. The Hall–Kier alpha value is -0.680. The van der Waals surface area contributed by atoms with E-state index in [1.807, 2.05) is 0 Å². The molecule has 0 aliphatic rings. The smallest absolute Gasteiger partial charge is 0.116 e. The Kier molecular flexibility index (Phi) is 3.21. The van der Waals surface area contributed by atoms with E-state index in [9.17, 15) is 5.11 Å². The topological polar surface area (TPSA) is 46.0 Å². The summed E-state index contributed by atoms with van der Waals surface area (Å²) >= 11 is 12.8. The molecule has 2 rings (SSSR count). The zero-order valence-electron chi connectivity index (χ0n) is 7.39. The molecule has 1 aromatic heterocycles. The van der Waals surface area contributed by atoms with Crippen molar-refractivity contribution < 1.29 is 5.11 Å². The number of aromatic nitrogens is 2. The van der Waals surface area contributed by atoms with E-state index in [1.165, 1.54) is 6.20 Å². The SMILES string of the molecule is OC(c1ccc(Cl)c(Cl)c1)c1cnns1. The molecule has 0 aliphatic carbocycles. The van der Waals surface area contributed by atoms with E-state index in [4.69, 9.17) is 23.2 Å². The van der Waals surface area contributed by atoms with Crippen LogP contribution < -0.4 is 0 Å². The van der Waals surface area contributed by atoms with Gasteiger partial charge < -0.3 is 5.11 Å². The van der Waals surface area contributed by atoms with Gasteiger partial charge in [0.2, 0.25) is 0 Å². The second-order valence-electron chi connectivity index (χ2n) is 2.90. The van der Waals surface area contributed by atoms with Crippen LogP contribution in [-0.2, 0) is 0 Å². The van der Waals surface area contributed by atoms with Crippen LogP contribution in [0.2, 0.25) is 10.0 Å². The van der Waals surface area contributed by atoms with Gasteiger partial charge in [-0.3, -0.25) is 0 Å². The monoisotopic (exact) mass is 260 g/mol. The van der Waals surface area contributed by atoms with Gasteiger partial charge in [0.05, 0.1) is 21.1 Å². The first-order valence-corrected chi connectivity index (χ1v) is 5.61. The van der Waals surface area contributed by atoms with Crippen LogP contribution in [0.15, 0.2) is 24.4 Å². The molecule has 0 aliphatic heterocycles. The quantitative estimate of drug-likeness (QED) is 0.904. The molecule has 6 heteroatoms. The highest BCUT2D eigenvalue weighted by Crippen LogP contribution is 2.29. The van der Waals surface area contributed by atoms with Crippen molar-refractivity contribution in [3.63, 3.8) is 0 Å². The number of benzene rings is 1. The zero-order valence-corrected chi connectivity index (χ0v) is 9.72. The number of hydrogen-bond donors (Lipinski definition) is 1. The Morgan fingerprint density at radius 2 is 2.07 bits per heavy atom. The second kappa shape index (κ2) is 4.45. The van der Waals surface area contributed by atoms with Crippen LogP contribution in [0.5, 0.6) is 0 Å². The molecular weight excluding hydrogens is 255 g/mol. The van der Waals surface area contributed by atoms with Gasteiger partial charge in [0.25, 0.3) is 0 Å². The Bertz CT molecular complexity index is 461. The summed E-state index contributed by atoms with van der Waals surface area (Å²) in [6, 6.07) is 5.00. The average Bonchev–Trinajstić information content (AvgIpc) is 2.74. The molecule has 0 fully saturated rings. The van der Waals surface area contributed by atoms with E-state index in [0.29, 0.717) is 20.5 Å². The van der Waals surface area contributed by atoms with Crippen molar-refractivity contribution in [2.75, 3.05) is 0 Å². The largest absolute Gasteiger partial charge is 0.383 e. The van der Waals surface area contributed by atoms with Gasteiger partial charge in [-0.2, -0.15) is 0 Å². The van der Waals surface area contributed by atoms with Gasteiger partial charge in [-0.15, -0.1) is 5.10 Å². The first kappa shape index (κ1) is 10.8. The number of hydrogen-bond acceptors (Lipinski definition) is 4. The lowest BCUT2D eigenvalue weighted by Crippen LogP contribution is -1.96. The third kappa shape index (κ3) is 2.29. The van der Waals surface area contributed by atoms with Gasteiger partial charge in [0.15, 0.2) is 0 Å². The van der Waals surface area contributed by atoms with E-state index >= 15 is 0 Å². The molecule has 1 atom stereocenters. The number of nitrogens with zero attached hydrogens (tertiary/aromatic N) is 2. The maximum absolute atomic E-state index is 9.92. The summed E-state index contributed by atoms with van der Waals surface area (Å²) in [5.41, 5.74) is 0.676. The minimum Gasteiger partial charge on any atom is -0.383 e. The van der Waals surface area contributed by atoms with E-state index in [-0.39, 0.29) is 0 Å². The van der Waals surface area contributed by atoms with Crippen molar-refractivity contribution in [3.8, 4) is 0 Å². The van der Waals surface area contributed by atoms with Gasteiger partial charge >= 0.3 is 0 Å². The normalized spacial score (nSPS) is 12.7. The van der Waals surface area contributed by atoms with Crippen molar-refractivity contribution in [1.29, 1.82) is 0 Å². The van der Waals surface area contributed by atoms with Gasteiger partial charge in [0.1, 0.15) is 6.10 Å². The maximum Gasteiger partial charge on any atom is 0.116 e. The Morgan fingerprint density at radius 3 is 2.67 bits per heavy atom. The first-order valence-electron chi connectivity index (χ1n) is 4.09. The van der Waals surface area contributed by atoms with Crippen LogP contribution in [0, 0.1) is 0 Å². The average molecular weight is 261 g/mol. The molecule has 0 radical (unpaired) electrons. The van der Waals surface area contributed by atoms with Crippen LogP contribution >= 0.6 is 34.7 Å². The second-order valence-corrected chi connectivity index (χ2v) is 4.53. The van der Waals surface area contributed by atoms with Gasteiger partial charge in [-0.1, -0.05) is 33.8 Å². The van der Waals surface area contributed by atoms with Crippen LogP contribution in [0.25, 0.3) is 0 Å². The zero-order chi connectivity index (χ0) is 10.8. The van der Waals surface area contributed by atoms with E-state index in [1.54, 1.807) is 18.2 Å². The lowest BCUT2D eigenvalue weighted by molar-refractivity contribution is 0.224. The molecule has 3 nitrogen and oxygen atoms in total. The fourth-order valence-electron chi connectivity index (χ4n) is 1.14. The fraction of sp³-hybridized carbons (Fsp3) is 0.111. The standard InChI is InChI=1S/C9H6Cl2N2OS/c10-6-2-1-5(3-7(6)11)9(14)8-4-12-13-15-8/h1-4,9,14H. The molecule has 1 heterocycles. The van der Waals surface area contributed by atoms with E-state index < -0.39 is 6.10 Å². The highest BCUT2D eigenvalue weighted by atomic mass is 35.5. The molecule has 0 amide bonds. The lowest BCUT2D eigenvalue weighted by Gasteiger charge is -2.08. The van der Waals surface area contributed by atoms with E-state index in [0.717, 1.165) is 11.5 Å². The summed E-state index contributed by atoms with van der Waals surface area (Å²) in [6.07, 6.45) is 0.775. The molecule has 0 saturated carbocycles. The number of rotatable bonds is 2. The minimum atomic E-state index is -0.750. The summed E-state index contributed by atoms with van der Waals surface area (Å²) < 4.78 is 3.68. The highest BCUT2D eigenvalue weighted by Gasteiger charge is 2.13. The Morgan fingerprint density at radius 1 is 1.27 bits per heavy atom. The van der Waals surface area contributed by atoms with Gasteiger partial charge in [-0.05, 0) is 29.2 Å². The summed E-state index contributed by atoms with van der Waals surface area (Å²) in [5, 5.41) is 14.5. The number of aliphatic hydroxyl groups is 1. The molecule has 78 valence electrons. The van der Waals surface area contributed by atoms with Crippen molar-refractivity contribution in [2.24, 2.45) is 0 Å². The third-order valence-corrected chi connectivity index (χ3v) is 3.36. The predicted molar refractivity (Wildman–Crippen MR) is 60.4 cm³/mol. The van der Waals surface area contributed by atoms with Gasteiger partial charge in [-0.25, -0.2) is 0 Å². The third-order valence-electron chi connectivity index (χ3n) is 1.91. The minimum absolute atomic E-state index is 0.422. The molecule has 1 aromatic carbocycles. The molecule has 1 unspecified atom stereocenters. The summed E-state index contributed by atoms with van der Waals surface area (Å²) in [4.78, 5) is 0.674. The fourth-order valence-corrected chi connectivity index (χ4v) is 1.97. The predicted octanol–water partition coefficient (Wildman–Crippen LogP) is 2.93. The van der Waals surface area contributed by atoms with Crippen LogP contribution in [0.1, 0.15) is 16.5 Å². The van der Waals surface area contributed by atoms with Gasteiger partial charge in [0, 0.05) is 0 Å². The van der Waals surface area contributed by atoms with Crippen molar-refractivity contribution >= 4 is 34.7 Å². The summed E-state index contributed by atoms with van der Waals surface area (Å²) in [6.45, 7) is 0. The van der Waals surface area contributed by atoms with Crippen molar-refractivity contribution in [2.45, 2.75) is 6.10 Å². The first-order chi connectivity index (χ1) is 7.18. The van der Waals surface area contributed by atoms with Crippen LogP contribution in [0.4, 0.5) is 0 Å². The maximum atomic E-state index is 9.92. The number of aliphatic hydroxyl groups excluding tert-OH is 1. The lowest BCUT2D eigenvalue weighted by atomic mass is 10.1. The molecule has 0 bridgehead atoms. The van der Waals surface area contributed by atoms with Crippen LogP contribution in [0.3, 0.4) is 0 Å². The number of halogens is 2. The Labute approximate surface area is 100 Å². The molecular formula is C9H6Cl2N2OS. The highest BCUT2D eigenvalue weighted by molar-refractivity contribution is 7.05.